The third kappa shape index (κ3) is 3.27. The lowest BCUT2D eigenvalue weighted by Gasteiger charge is -2.01. The quantitative estimate of drug-likeness (QED) is 0.696. The van der Waals surface area contributed by atoms with E-state index in [9.17, 15) is 0 Å². The van der Waals surface area contributed by atoms with Crippen molar-refractivity contribution in [2.45, 2.75) is 0 Å². The molecule has 19 heavy (non-hydrogen) atoms. The standard InChI is InChI=1S/C14H7Cl3N2/c15-10-4-5-14(9(6-10)7-18)19-8-11-12(16)2-1-3-13(11)17/h1-6,8H. The number of nitrogens with zero attached hydrogens (tertiary/aromatic N) is 2. The molecule has 0 aliphatic heterocycles. The van der Waals surface area contributed by atoms with Crippen molar-refractivity contribution in [3.05, 3.63) is 62.6 Å². The summed E-state index contributed by atoms with van der Waals surface area (Å²) in [6.45, 7) is 0. The highest BCUT2D eigenvalue weighted by Crippen LogP contribution is 2.25. The van der Waals surface area contributed by atoms with Crippen molar-refractivity contribution in [2.75, 3.05) is 0 Å². The number of aliphatic imine (C=N–C) groups is 1. The van der Waals surface area contributed by atoms with Crippen LogP contribution in [0, 0.1) is 11.3 Å². The van der Waals surface area contributed by atoms with Gasteiger partial charge in [-0.3, -0.25) is 4.99 Å². The topological polar surface area (TPSA) is 36.1 Å². The summed E-state index contributed by atoms with van der Waals surface area (Å²) in [4.78, 5) is 4.24. The van der Waals surface area contributed by atoms with Gasteiger partial charge in [-0.1, -0.05) is 40.9 Å². The summed E-state index contributed by atoms with van der Waals surface area (Å²) in [5, 5.41) is 10.5. The predicted octanol–water partition coefficient (Wildman–Crippen LogP) is 5.27. The van der Waals surface area contributed by atoms with Gasteiger partial charge in [0.1, 0.15) is 6.07 Å². The first-order chi connectivity index (χ1) is 9.11. The summed E-state index contributed by atoms with van der Waals surface area (Å²) in [6, 6.07) is 12.1. The average molecular weight is 310 g/mol. The Morgan fingerprint density at radius 2 is 1.74 bits per heavy atom. The molecule has 0 aliphatic rings. The first-order valence-electron chi connectivity index (χ1n) is 5.29. The van der Waals surface area contributed by atoms with Crippen molar-refractivity contribution in [1.82, 2.24) is 0 Å². The van der Waals surface area contributed by atoms with Crippen LogP contribution >= 0.6 is 34.8 Å². The molecule has 2 aromatic carbocycles. The zero-order chi connectivity index (χ0) is 13.8. The maximum absolute atomic E-state index is 9.01. The lowest BCUT2D eigenvalue weighted by molar-refractivity contribution is 1.44. The molecule has 0 fully saturated rings. The Morgan fingerprint density at radius 1 is 1.05 bits per heavy atom. The molecule has 2 rings (SSSR count). The molecule has 0 spiro atoms. The van der Waals surface area contributed by atoms with E-state index in [0.717, 1.165) is 0 Å². The van der Waals surface area contributed by atoms with Crippen LogP contribution in [0.25, 0.3) is 0 Å². The molecule has 2 nitrogen and oxygen atoms in total. The highest BCUT2D eigenvalue weighted by Gasteiger charge is 2.04. The van der Waals surface area contributed by atoms with Gasteiger partial charge in [-0.05, 0) is 30.3 Å². The molecule has 0 saturated carbocycles. The zero-order valence-corrected chi connectivity index (χ0v) is 11.8. The Hall–Kier alpha value is -1.53. The molecule has 0 aromatic heterocycles. The number of hydrogen-bond donors (Lipinski definition) is 0. The van der Waals surface area contributed by atoms with Gasteiger partial charge >= 0.3 is 0 Å². The number of rotatable bonds is 2. The van der Waals surface area contributed by atoms with E-state index in [4.69, 9.17) is 40.1 Å². The second-order valence-corrected chi connectivity index (χ2v) is 4.92. The van der Waals surface area contributed by atoms with Gasteiger partial charge < -0.3 is 0 Å². The van der Waals surface area contributed by atoms with Crippen molar-refractivity contribution in [3.63, 3.8) is 0 Å². The largest absolute Gasteiger partial charge is 0.255 e. The molecule has 0 radical (unpaired) electrons. The molecule has 5 heteroatoms. The molecule has 0 amide bonds. The van der Waals surface area contributed by atoms with Crippen LogP contribution in [0.15, 0.2) is 41.4 Å². The van der Waals surface area contributed by atoms with E-state index >= 15 is 0 Å². The minimum atomic E-state index is 0.395. The third-order valence-electron chi connectivity index (χ3n) is 2.41. The van der Waals surface area contributed by atoms with E-state index in [0.29, 0.717) is 31.9 Å². The van der Waals surface area contributed by atoms with Gasteiger partial charge in [0.15, 0.2) is 0 Å². The van der Waals surface area contributed by atoms with Crippen molar-refractivity contribution < 1.29 is 0 Å². The van der Waals surface area contributed by atoms with Crippen LogP contribution in [0.2, 0.25) is 15.1 Å². The summed E-state index contributed by atoms with van der Waals surface area (Å²) >= 11 is 17.9. The van der Waals surface area contributed by atoms with Crippen molar-refractivity contribution in [3.8, 4) is 6.07 Å². The Balaban J connectivity index is 2.42. The lowest BCUT2D eigenvalue weighted by Crippen LogP contribution is -1.85. The molecule has 0 bridgehead atoms. The van der Waals surface area contributed by atoms with Gasteiger partial charge in [-0.2, -0.15) is 5.26 Å². The maximum Gasteiger partial charge on any atom is 0.101 e. The van der Waals surface area contributed by atoms with Crippen molar-refractivity contribution in [2.24, 2.45) is 4.99 Å². The van der Waals surface area contributed by atoms with Crippen molar-refractivity contribution in [1.29, 1.82) is 5.26 Å². The second kappa shape index (κ2) is 6.08. The van der Waals surface area contributed by atoms with Crippen LogP contribution in [-0.2, 0) is 0 Å². The summed E-state index contributed by atoms with van der Waals surface area (Å²) in [5.74, 6) is 0. The Kier molecular flexibility index (Phi) is 4.44. The molecular weight excluding hydrogens is 303 g/mol. The first-order valence-corrected chi connectivity index (χ1v) is 6.43. The maximum atomic E-state index is 9.01. The Morgan fingerprint density at radius 3 is 2.37 bits per heavy atom. The lowest BCUT2D eigenvalue weighted by atomic mass is 10.2. The van der Waals surface area contributed by atoms with Gasteiger partial charge in [0, 0.05) is 16.8 Å². The molecule has 0 aliphatic carbocycles. The molecule has 94 valence electrons. The van der Waals surface area contributed by atoms with E-state index in [2.05, 4.69) is 4.99 Å². The van der Waals surface area contributed by atoms with Crippen LogP contribution in [0.5, 0.6) is 0 Å². The molecule has 2 aromatic rings. The summed E-state index contributed by atoms with van der Waals surface area (Å²) in [6.07, 6.45) is 1.54. The van der Waals surface area contributed by atoms with Gasteiger partial charge in [-0.25, -0.2) is 0 Å². The summed E-state index contributed by atoms with van der Waals surface area (Å²) < 4.78 is 0. The predicted molar refractivity (Wildman–Crippen MR) is 79.9 cm³/mol. The number of benzene rings is 2. The Labute approximate surface area is 125 Å². The number of hydrogen-bond acceptors (Lipinski definition) is 2. The SMILES string of the molecule is N#Cc1cc(Cl)ccc1N=Cc1c(Cl)cccc1Cl. The van der Waals surface area contributed by atoms with E-state index < -0.39 is 0 Å². The zero-order valence-electron chi connectivity index (χ0n) is 9.57. The number of halogens is 3. The molecule has 0 atom stereocenters. The van der Waals surface area contributed by atoms with Crippen LogP contribution in [0.1, 0.15) is 11.1 Å². The van der Waals surface area contributed by atoms with E-state index in [-0.39, 0.29) is 0 Å². The summed E-state index contributed by atoms with van der Waals surface area (Å²) in [7, 11) is 0. The smallest absolute Gasteiger partial charge is 0.101 e. The van der Waals surface area contributed by atoms with Crippen LogP contribution in [0.3, 0.4) is 0 Å². The second-order valence-electron chi connectivity index (χ2n) is 3.67. The fourth-order valence-corrected chi connectivity index (χ4v) is 2.15. The third-order valence-corrected chi connectivity index (χ3v) is 3.31. The molecule has 0 saturated heterocycles. The van der Waals surface area contributed by atoms with E-state index in [1.54, 1.807) is 36.4 Å². The monoisotopic (exact) mass is 308 g/mol. The molecule has 0 unspecified atom stereocenters. The minimum Gasteiger partial charge on any atom is -0.255 e. The highest BCUT2D eigenvalue weighted by molar-refractivity contribution is 6.38. The van der Waals surface area contributed by atoms with E-state index in [1.165, 1.54) is 6.21 Å². The number of nitriles is 1. The fourth-order valence-electron chi connectivity index (χ4n) is 1.48. The minimum absolute atomic E-state index is 0.395. The highest BCUT2D eigenvalue weighted by atomic mass is 35.5. The van der Waals surface area contributed by atoms with Gasteiger partial charge in [0.25, 0.3) is 0 Å². The van der Waals surface area contributed by atoms with Crippen molar-refractivity contribution >= 4 is 46.7 Å². The normalized spacial score (nSPS) is 10.6. The van der Waals surface area contributed by atoms with E-state index in [1.807, 2.05) is 6.07 Å². The first kappa shape index (κ1) is 13.9. The van der Waals surface area contributed by atoms with Gasteiger partial charge in [0.2, 0.25) is 0 Å². The van der Waals surface area contributed by atoms with Crippen LogP contribution in [0.4, 0.5) is 5.69 Å². The molecular formula is C14H7Cl3N2. The van der Waals surface area contributed by atoms with Crippen LogP contribution < -0.4 is 0 Å². The summed E-state index contributed by atoms with van der Waals surface area (Å²) in [5.41, 5.74) is 1.53. The molecule has 0 N–H and O–H groups in total. The van der Waals surface area contributed by atoms with Gasteiger partial charge in [0.05, 0.1) is 21.3 Å². The molecule has 0 heterocycles. The average Bonchev–Trinajstić information content (AvgIpc) is 2.39. The Bertz CT molecular complexity index is 667. The van der Waals surface area contributed by atoms with Gasteiger partial charge in [-0.15, -0.1) is 0 Å². The van der Waals surface area contributed by atoms with Crippen LogP contribution in [-0.4, -0.2) is 6.21 Å². The fraction of sp³-hybridized carbons (Fsp3) is 0.